The average molecular weight is 382 g/mol. The number of piperidine rings is 1. The second-order valence-electron chi connectivity index (χ2n) is 7.24. The number of rotatable bonds is 4. The van der Waals surface area contributed by atoms with Gasteiger partial charge in [-0.05, 0) is 62.6 Å². The van der Waals surface area contributed by atoms with Crippen LogP contribution in [0.3, 0.4) is 0 Å². The predicted octanol–water partition coefficient (Wildman–Crippen LogP) is 4.55. The maximum atomic E-state index is 12.8. The summed E-state index contributed by atoms with van der Waals surface area (Å²) in [6.07, 6.45) is 2.68. The van der Waals surface area contributed by atoms with E-state index in [-0.39, 0.29) is 18.4 Å². The number of hydrogen-bond acceptors (Lipinski definition) is 4. The number of carbonyl (C=O) groups excluding carboxylic acids is 1. The normalized spacial score (nSPS) is 20.2. The first kappa shape index (κ1) is 18.8. The van der Waals surface area contributed by atoms with Gasteiger partial charge in [0.2, 0.25) is 0 Å². The first-order valence-corrected chi connectivity index (χ1v) is 9.84. The van der Waals surface area contributed by atoms with Crippen LogP contribution in [0, 0.1) is 6.92 Å². The molecule has 28 heavy (non-hydrogen) atoms. The molecule has 2 heterocycles. The lowest BCUT2D eigenvalue weighted by atomic mass is 10.0. The van der Waals surface area contributed by atoms with Crippen LogP contribution in [0.15, 0.2) is 48.5 Å². The van der Waals surface area contributed by atoms with Gasteiger partial charge in [0.15, 0.2) is 6.29 Å². The lowest BCUT2D eigenvalue weighted by molar-refractivity contribution is -0.0973. The maximum absolute atomic E-state index is 12.8. The van der Waals surface area contributed by atoms with E-state index in [0.29, 0.717) is 19.8 Å². The molecule has 2 fully saturated rings. The van der Waals surface area contributed by atoms with E-state index in [9.17, 15) is 4.79 Å². The van der Waals surface area contributed by atoms with Crippen LogP contribution in [-0.2, 0) is 9.47 Å². The highest BCUT2D eigenvalue weighted by atomic mass is 16.7. The van der Waals surface area contributed by atoms with Crippen molar-refractivity contribution in [2.45, 2.75) is 38.5 Å². The molecule has 0 spiro atoms. The number of amides is 2. The molecule has 0 aliphatic carbocycles. The average Bonchev–Trinajstić information content (AvgIpc) is 3.26. The van der Waals surface area contributed by atoms with Gasteiger partial charge in [0.05, 0.1) is 19.3 Å². The standard InChI is InChI=1S/C22H26N2O4/c1-16-5-9-18(10-6-16)28-19-11-7-17(8-12-19)23-22(25)24-13-3-2-4-20(24)21-26-14-15-27-21/h5-12,20-21H,2-4,13-15H2,1H3,(H,23,25). The van der Waals surface area contributed by atoms with Gasteiger partial charge < -0.3 is 24.4 Å². The van der Waals surface area contributed by atoms with Crippen molar-refractivity contribution >= 4 is 11.7 Å². The van der Waals surface area contributed by atoms with Crippen molar-refractivity contribution in [3.8, 4) is 11.5 Å². The molecular formula is C22H26N2O4. The van der Waals surface area contributed by atoms with Gasteiger partial charge in [-0.3, -0.25) is 0 Å². The molecule has 6 nitrogen and oxygen atoms in total. The fourth-order valence-corrected chi connectivity index (χ4v) is 3.64. The first-order valence-electron chi connectivity index (χ1n) is 9.84. The van der Waals surface area contributed by atoms with E-state index in [4.69, 9.17) is 14.2 Å². The Bertz CT molecular complexity index is 785. The fourth-order valence-electron chi connectivity index (χ4n) is 3.64. The van der Waals surface area contributed by atoms with E-state index in [1.165, 1.54) is 5.56 Å². The molecular weight excluding hydrogens is 356 g/mol. The van der Waals surface area contributed by atoms with Crippen LogP contribution < -0.4 is 10.1 Å². The van der Waals surface area contributed by atoms with Gasteiger partial charge in [0.1, 0.15) is 11.5 Å². The van der Waals surface area contributed by atoms with Crippen molar-refractivity contribution in [2.24, 2.45) is 0 Å². The molecule has 148 valence electrons. The van der Waals surface area contributed by atoms with E-state index >= 15 is 0 Å². The van der Waals surface area contributed by atoms with E-state index in [0.717, 1.165) is 36.4 Å². The van der Waals surface area contributed by atoms with Crippen molar-refractivity contribution in [2.75, 3.05) is 25.1 Å². The molecule has 1 N–H and O–H groups in total. The number of ether oxygens (including phenoxy) is 3. The number of likely N-dealkylation sites (tertiary alicyclic amines) is 1. The van der Waals surface area contributed by atoms with Crippen LogP contribution in [0.25, 0.3) is 0 Å². The summed E-state index contributed by atoms with van der Waals surface area (Å²) in [6, 6.07) is 15.2. The summed E-state index contributed by atoms with van der Waals surface area (Å²) in [4.78, 5) is 14.7. The monoisotopic (exact) mass is 382 g/mol. The fraction of sp³-hybridized carbons (Fsp3) is 0.409. The number of hydrogen-bond donors (Lipinski definition) is 1. The summed E-state index contributed by atoms with van der Waals surface area (Å²) in [5.41, 5.74) is 1.92. The lowest BCUT2D eigenvalue weighted by Gasteiger charge is -2.37. The number of urea groups is 1. The Morgan fingerprint density at radius 2 is 1.64 bits per heavy atom. The minimum atomic E-state index is -0.309. The highest BCUT2D eigenvalue weighted by Crippen LogP contribution is 2.26. The van der Waals surface area contributed by atoms with Gasteiger partial charge in [0.25, 0.3) is 0 Å². The topological polar surface area (TPSA) is 60.0 Å². The quantitative estimate of drug-likeness (QED) is 0.843. The smallest absolute Gasteiger partial charge is 0.322 e. The van der Waals surface area contributed by atoms with Gasteiger partial charge >= 0.3 is 6.03 Å². The SMILES string of the molecule is Cc1ccc(Oc2ccc(NC(=O)N3CCCCC3C3OCCO3)cc2)cc1. The van der Waals surface area contributed by atoms with E-state index in [1.807, 2.05) is 60.4 Å². The van der Waals surface area contributed by atoms with Crippen molar-refractivity contribution < 1.29 is 19.0 Å². The molecule has 1 atom stereocenters. The summed E-state index contributed by atoms with van der Waals surface area (Å²) in [7, 11) is 0. The molecule has 2 aliphatic rings. The van der Waals surface area contributed by atoms with Crippen molar-refractivity contribution in [3.05, 3.63) is 54.1 Å². The van der Waals surface area contributed by atoms with Crippen molar-refractivity contribution in [1.82, 2.24) is 4.90 Å². The second-order valence-corrected chi connectivity index (χ2v) is 7.24. The molecule has 0 aromatic heterocycles. The summed E-state index contributed by atoms with van der Waals surface area (Å²) >= 11 is 0. The number of aryl methyl sites for hydroxylation is 1. The lowest BCUT2D eigenvalue weighted by Crippen LogP contribution is -2.51. The minimum Gasteiger partial charge on any atom is -0.457 e. The Kier molecular flexibility index (Phi) is 5.78. The highest BCUT2D eigenvalue weighted by molar-refractivity contribution is 5.89. The number of nitrogens with zero attached hydrogens (tertiary/aromatic N) is 1. The van der Waals surface area contributed by atoms with Crippen LogP contribution >= 0.6 is 0 Å². The maximum Gasteiger partial charge on any atom is 0.322 e. The molecule has 2 aromatic carbocycles. The highest BCUT2D eigenvalue weighted by Gasteiger charge is 2.36. The number of benzene rings is 2. The number of nitrogens with one attached hydrogen (secondary N) is 1. The molecule has 0 radical (unpaired) electrons. The van der Waals surface area contributed by atoms with Crippen molar-refractivity contribution in [1.29, 1.82) is 0 Å². The molecule has 1 unspecified atom stereocenters. The van der Waals surface area contributed by atoms with E-state index in [2.05, 4.69) is 5.32 Å². The Hall–Kier alpha value is -2.57. The summed E-state index contributed by atoms with van der Waals surface area (Å²) in [5.74, 6) is 1.51. The minimum absolute atomic E-state index is 0.0274. The molecule has 2 aromatic rings. The molecule has 4 rings (SSSR count). The summed E-state index contributed by atoms with van der Waals surface area (Å²) in [5, 5.41) is 2.98. The number of anilines is 1. The van der Waals surface area contributed by atoms with Gasteiger partial charge in [-0.1, -0.05) is 17.7 Å². The Labute approximate surface area is 165 Å². The molecule has 2 saturated heterocycles. The van der Waals surface area contributed by atoms with Crippen LogP contribution in [0.4, 0.5) is 10.5 Å². The largest absolute Gasteiger partial charge is 0.457 e. The third kappa shape index (κ3) is 4.46. The third-order valence-corrected chi connectivity index (χ3v) is 5.13. The summed E-state index contributed by atoms with van der Waals surface area (Å²) < 4.78 is 17.1. The molecule has 0 saturated carbocycles. The van der Waals surface area contributed by atoms with Gasteiger partial charge in [-0.2, -0.15) is 0 Å². The zero-order valence-corrected chi connectivity index (χ0v) is 16.1. The molecule has 2 aliphatic heterocycles. The zero-order chi connectivity index (χ0) is 19.3. The van der Waals surface area contributed by atoms with Crippen LogP contribution in [0.5, 0.6) is 11.5 Å². The molecule has 2 amide bonds. The Balaban J connectivity index is 1.37. The van der Waals surface area contributed by atoms with Gasteiger partial charge in [0, 0.05) is 12.2 Å². The summed E-state index contributed by atoms with van der Waals surface area (Å²) in [6.45, 7) is 3.95. The second kappa shape index (κ2) is 8.63. The van der Waals surface area contributed by atoms with E-state index < -0.39 is 0 Å². The van der Waals surface area contributed by atoms with E-state index in [1.54, 1.807) is 0 Å². The molecule has 6 heteroatoms. The van der Waals surface area contributed by atoms with Crippen LogP contribution in [-0.4, -0.2) is 43.0 Å². The van der Waals surface area contributed by atoms with Crippen LogP contribution in [0.2, 0.25) is 0 Å². The van der Waals surface area contributed by atoms with Gasteiger partial charge in [-0.25, -0.2) is 4.79 Å². The first-order chi connectivity index (χ1) is 13.7. The van der Waals surface area contributed by atoms with Gasteiger partial charge in [-0.15, -0.1) is 0 Å². The predicted molar refractivity (Wildman–Crippen MR) is 107 cm³/mol. The third-order valence-electron chi connectivity index (χ3n) is 5.13. The number of carbonyl (C=O) groups is 1. The van der Waals surface area contributed by atoms with Crippen LogP contribution in [0.1, 0.15) is 24.8 Å². The molecule has 0 bridgehead atoms. The Morgan fingerprint density at radius 1 is 1.00 bits per heavy atom. The van der Waals surface area contributed by atoms with Crippen molar-refractivity contribution in [3.63, 3.8) is 0 Å². The zero-order valence-electron chi connectivity index (χ0n) is 16.1. The Morgan fingerprint density at radius 3 is 2.32 bits per heavy atom.